The van der Waals surface area contributed by atoms with Crippen LogP contribution >= 0.6 is 0 Å². The molecule has 0 spiro atoms. The fourth-order valence-corrected chi connectivity index (χ4v) is 8.35. The Hall–Kier alpha value is -1.09. The maximum absolute atomic E-state index is 11.5. The van der Waals surface area contributed by atoms with Crippen molar-refractivity contribution in [3.63, 3.8) is 0 Å². The van der Waals surface area contributed by atoms with Gasteiger partial charge in [0, 0.05) is 13.3 Å². The van der Waals surface area contributed by atoms with Crippen LogP contribution in [0.15, 0.2) is 23.3 Å². The normalized spacial score (nSPS) is 40.0. The summed E-state index contributed by atoms with van der Waals surface area (Å²) in [5, 5.41) is 10.4. The van der Waals surface area contributed by atoms with Crippen molar-refractivity contribution in [3.8, 4) is 0 Å². The molecular weight excluding hydrogens is 408 g/mol. The Morgan fingerprint density at radius 1 is 1.09 bits per heavy atom. The van der Waals surface area contributed by atoms with Gasteiger partial charge in [0.2, 0.25) is 0 Å². The lowest BCUT2D eigenvalue weighted by Crippen LogP contribution is -2.46. The van der Waals surface area contributed by atoms with Gasteiger partial charge in [-0.1, -0.05) is 57.4 Å². The number of aliphatic hydroxyl groups is 1. The van der Waals surface area contributed by atoms with Crippen molar-refractivity contribution in [3.05, 3.63) is 23.3 Å². The van der Waals surface area contributed by atoms with Crippen LogP contribution in [0.1, 0.15) is 106 Å². The molecule has 0 unspecified atom stereocenters. The molecule has 33 heavy (non-hydrogen) atoms. The molecule has 186 valence electrons. The molecule has 0 aromatic rings. The third-order valence-electron chi connectivity index (χ3n) is 10.9. The number of rotatable bonds is 6. The van der Waals surface area contributed by atoms with E-state index in [-0.39, 0.29) is 17.5 Å². The smallest absolute Gasteiger partial charge is 0.302 e. The first-order chi connectivity index (χ1) is 15.4. The molecule has 3 fully saturated rings. The van der Waals surface area contributed by atoms with E-state index in [9.17, 15) is 9.90 Å². The van der Waals surface area contributed by atoms with Crippen molar-refractivity contribution < 1.29 is 14.6 Å². The molecule has 4 aliphatic rings. The average molecular weight is 457 g/mol. The van der Waals surface area contributed by atoms with Crippen LogP contribution in [0.2, 0.25) is 0 Å². The van der Waals surface area contributed by atoms with Crippen LogP contribution in [-0.4, -0.2) is 22.8 Å². The summed E-state index contributed by atoms with van der Waals surface area (Å²) in [7, 11) is 0. The number of ether oxygens (including phenoxy) is 1. The Bertz CT molecular complexity index is 817. The lowest BCUT2D eigenvalue weighted by atomic mass is 9.50. The number of fused-ring (bicyclic) bond motifs is 5. The van der Waals surface area contributed by atoms with E-state index in [0.29, 0.717) is 23.2 Å². The summed E-state index contributed by atoms with van der Waals surface area (Å²) in [6, 6.07) is 0. The number of hydrogen-bond acceptors (Lipinski definition) is 3. The van der Waals surface area contributed by atoms with E-state index in [1.165, 1.54) is 44.6 Å². The number of hydrogen-bond donors (Lipinski definition) is 1. The molecule has 1 N–H and O–H groups in total. The van der Waals surface area contributed by atoms with Gasteiger partial charge in [0.15, 0.2) is 0 Å². The molecule has 0 radical (unpaired) electrons. The van der Waals surface area contributed by atoms with Crippen LogP contribution in [0.3, 0.4) is 0 Å². The predicted octanol–water partition coefficient (Wildman–Crippen LogP) is 7.24. The van der Waals surface area contributed by atoms with Gasteiger partial charge < -0.3 is 9.84 Å². The first-order valence-corrected chi connectivity index (χ1v) is 13.7. The van der Waals surface area contributed by atoms with Crippen LogP contribution in [0, 0.1) is 40.4 Å². The van der Waals surface area contributed by atoms with Crippen LogP contribution in [0.25, 0.3) is 0 Å². The zero-order valence-corrected chi connectivity index (χ0v) is 22.2. The fourth-order valence-electron chi connectivity index (χ4n) is 8.35. The largest absolute Gasteiger partial charge is 0.462 e. The van der Waals surface area contributed by atoms with Crippen LogP contribution < -0.4 is 0 Å². The molecular formula is C30H48O3. The second kappa shape index (κ2) is 8.85. The molecule has 3 nitrogen and oxygen atoms in total. The molecule has 0 aromatic heterocycles. The van der Waals surface area contributed by atoms with Gasteiger partial charge in [-0.15, -0.1) is 0 Å². The van der Waals surface area contributed by atoms with Gasteiger partial charge in [0.05, 0.1) is 5.60 Å². The Labute approximate surface area is 202 Å². The van der Waals surface area contributed by atoms with Crippen molar-refractivity contribution in [2.75, 3.05) is 0 Å². The highest BCUT2D eigenvalue weighted by Crippen LogP contribution is 2.66. The van der Waals surface area contributed by atoms with Gasteiger partial charge in [0.25, 0.3) is 0 Å². The van der Waals surface area contributed by atoms with Crippen LogP contribution in [-0.2, 0) is 9.53 Å². The minimum Gasteiger partial charge on any atom is -0.462 e. The molecule has 4 aliphatic carbocycles. The van der Waals surface area contributed by atoms with Crippen LogP contribution in [0.5, 0.6) is 0 Å². The molecule has 3 heteroatoms. The maximum Gasteiger partial charge on any atom is 0.302 e. The van der Waals surface area contributed by atoms with Crippen molar-refractivity contribution in [1.82, 2.24) is 0 Å². The summed E-state index contributed by atoms with van der Waals surface area (Å²) in [6.07, 6.45) is 15.7. The van der Waals surface area contributed by atoms with Crippen molar-refractivity contribution in [2.45, 2.75) is 118 Å². The predicted molar refractivity (Wildman–Crippen MR) is 135 cm³/mol. The highest BCUT2D eigenvalue weighted by atomic mass is 16.5. The van der Waals surface area contributed by atoms with E-state index in [2.05, 4.69) is 39.8 Å². The third kappa shape index (κ3) is 4.48. The summed E-state index contributed by atoms with van der Waals surface area (Å²) >= 11 is 0. The Kier molecular flexibility index (Phi) is 6.71. The molecule has 0 aliphatic heterocycles. The monoisotopic (exact) mass is 456 g/mol. The highest BCUT2D eigenvalue weighted by molar-refractivity contribution is 5.66. The first-order valence-electron chi connectivity index (χ1n) is 13.7. The first kappa shape index (κ1) is 25.0. The summed E-state index contributed by atoms with van der Waals surface area (Å²) in [5.74, 6) is 3.08. The fraction of sp³-hybridized carbons (Fsp3) is 0.833. The van der Waals surface area contributed by atoms with E-state index >= 15 is 0 Å². The summed E-state index contributed by atoms with van der Waals surface area (Å²) in [6.45, 7) is 15.2. The molecule has 0 heterocycles. The molecule has 0 aromatic carbocycles. The Morgan fingerprint density at radius 3 is 2.48 bits per heavy atom. The number of carbonyl (C=O) groups excluding carboxylic acids is 1. The molecule has 0 saturated heterocycles. The Balaban J connectivity index is 1.49. The van der Waals surface area contributed by atoms with Gasteiger partial charge in [-0.05, 0) is 99.2 Å². The topological polar surface area (TPSA) is 46.5 Å². The molecule has 4 rings (SSSR count). The van der Waals surface area contributed by atoms with E-state index in [4.69, 9.17) is 4.74 Å². The average Bonchev–Trinajstić information content (AvgIpc) is 3.08. The van der Waals surface area contributed by atoms with Crippen molar-refractivity contribution in [2.24, 2.45) is 40.4 Å². The second-order valence-electron chi connectivity index (χ2n) is 13.2. The van der Waals surface area contributed by atoms with Gasteiger partial charge in [-0.25, -0.2) is 0 Å². The van der Waals surface area contributed by atoms with Gasteiger partial charge in [0.1, 0.15) is 6.10 Å². The minimum atomic E-state index is -0.583. The van der Waals surface area contributed by atoms with Gasteiger partial charge >= 0.3 is 5.97 Å². The van der Waals surface area contributed by atoms with E-state index < -0.39 is 5.60 Å². The molecule has 0 amide bonds. The van der Waals surface area contributed by atoms with E-state index in [0.717, 1.165) is 37.5 Å². The summed E-state index contributed by atoms with van der Waals surface area (Å²) in [5.41, 5.74) is 3.33. The van der Waals surface area contributed by atoms with Gasteiger partial charge in [-0.3, -0.25) is 4.79 Å². The standard InChI is InChI=1S/C30H48O3/c1-19(8-9-20(2)28(4,5)32)25-12-13-26-24-11-10-22-18-23(33-21(3)31)14-16-29(22,6)27(24)15-17-30(25,26)7/h10-11,19-20,23,25-27,32H,8-9,12-18H2,1-7H3/t19-,20+,23+,25-,26+,27+,29+,30-/m1/s1. The number of esters is 1. The highest BCUT2D eigenvalue weighted by Gasteiger charge is 2.57. The molecule has 8 atom stereocenters. The van der Waals surface area contributed by atoms with Crippen LogP contribution in [0.4, 0.5) is 0 Å². The lowest BCUT2D eigenvalue weighted by molar-refractivity contribution is -0.148. The second-order valence-corrected chi connectivity index (χ2v) is 13.2. The number of carbonyl (C=O) groups is 1. The van der Waals surface area contributed by atoms with Gasteiger partial charge in [-0.2, -0.15) is 0 Å². The zero-order chi connectivity index (χ0) is 24.2. The van der Waals surface area contributed by atoms with Crippen molar-refractivity contribution in [1.29, 1.82) is 0 Å². The van der Waals surface area contributed by atoms with E-state index in [1.54, 1.807) is 5.57 Å². The summed E-state index contributed by atoms with van der Waals surface area (Å²) in [4.78, 5) is 11.5. The molecule has 0 bridgehead atoms. The molecule has 3 saturated carbocycles. The quantitative estimate of drug-likeness (QED) is 0.428. The minimum absolute atomic E-state index is 0.0635. The Morgan fingerprint density at radius 2 is 1.82 bits per heavy atom. The maximum atomic E-state index is 11.5. The number of allylic oxidation sites excluding steroid dienone is 3. The van der Waals surface area contributed by atoms with E-state index in [1.807, 2.05) is 13.8 Å². The summed E-state index contributed by atoms with van der Waals surface area (Å²) < 4.78 is 5.59. The SMILES string of the molecule is CC(=O)O[C@H]1CC[C@@]2(C)C(=CC=C3[C@@H]4CC[C@H]([C@H](C)CC[C@H](C)C(C)(C)O)[C@@]4(C)CC[C@@H]32)C1. The zero-order valence-electron chi connectivity index (χ0n) is 22.2. The lowest BCUT2D eigenvalue weighted by Gasteiger charge is -2.55. The third-order valence-corrected chi connectivity index (χ3v) is 10.9. The van der Waals surface area contributed by atoms with Crippen molar-refractivity contribution >= 4 is 5.97 Å².